The molecule has 76 valence electrons. The van der Waals surface area contributed by atoms with Crippen LogP contribution < -0.4 is 0 Å². The van der Waals surface area contributed by atoms with Crippen molar-refractivity contribution < 1.29 is 4.74 Å². The van der Waals surface area contributed by atoms with Gasteiger partial charge < -0.3 is 4.74 Å². The molecule has 0 aromatic heterocycles. The Hall–Kier alpha value is -0.860. The van der Waals surface area contributed by atoms with Crippen molar-refractivity contribution in [1.82, 2.24) is 4.90 Å². The molecule has 1 fully saturated rings. The smallest absolute Gasteiger partial charge is 0.137 e. The SMILES string of the molecule is CN1C(c2ccccc2)OCC1(C)C. The van der Waals surface area contributed by atoms with Gasteiger partial charge in [-0.3, -0.25) is 4.90 Å². The Balaban J connectivity index is 2.23. The molecule has 1 aliphatic heterocycles. The third-order valence-electron chi connectivity index (χ3n) is 2.99. The van der Waals surface area contributed by atoms with Crippen LogP contribution in [0.5, 0.6) is 0 Å². The molecule has 0 spiro atoms. The Bertz CT molecular complexity index is 307. The van der Waals surface area contributed by atoms with Crippen molar-refractivity contribution in [1.29, 1.82) is 0 Å². The summed E-state index contributed by atoms with van der Waals surface area (Å²) in [5.74, 6) is 0. The summed E-state index contributed by atoms with van der Waals surface area (Å²) in [6.07, 6.45) is 0.117. The van der Waals surface area contributed by atoms with E-state index >= 15 is 0 Å². The summed E-state index contributed by atoms with van der Waals surface area (Å²) in [4.78, 5) is 2.28. The standard InChI is InChI=1S/C12H17NO/c1-12(2)9-14-11(13(12)3)10-7-5-4-6-8-10/h4-8,11H,9H2,1-3H3. The summed E-state index contributed by atoms with van der Waals surface area (Å²) >= 11 is 0. The lowest BCUT2D eigenvalue weighted by atomic mass is 10.1. The average Bonchev–Trinajstić information content (AvgIpc) is 2.44. The summed E-state index contributed by atoms with van der Waals surface area (Å²) in [5, 5.41) is 0. The summed E-state index contributed by atoms with van der Waals surface area (Å²) in [6, 6.07) is 10.4. The Morgan fingerprint density at radius 3 is 2.43 bits per heavy atom. The first-order chi connectivity index (χ1) is 6.61. The van der Waals surface area contributed by atoms with Gasteiger partial charge in [0.15, 0.2) is 0 Å². The molecule has 1 unspecified atom stereocenters. The van der Waals surface area contributed by atoms with Crippen LogP contribution >= 0.6 is 0 Å². The molecule has 2 rings (SSSR count). The van der Waals surface area contributed by atoms with Gasteiger partial charge in [-0.05, 0) is 26.5 Å². The zero-order valence-electron chi connectivity index (χ0n) is 9.03. The second-order valence-electron chi connectivity index (χ2n) is 4.50. The molecule has 1 atom stereocenters. The molecular formula is C12H17NO. The highest BCUT2D eigenvalue weighted by Crippen LogP contribution is 2.34. The van der Waals surface area contributed by atoms with Crippen molar-refractivity contribution >= 4 is 0 Å². The van der Waals surface area contributed by atoms with E-state index in [-0.39, 0.29) is 11.8 Å². The van der Waals surface area contributed by atoms with Crippen molar-refractivity contribution in [2.24, 2.45) is 0 Å². The molecule has 2 nitrogen and oxygen atoms in total. The molecule has 0 saturated carbocycles. The fourth-order valence-electron chi connectivity index (χ4n) is 1.75. The molecule has 0 amide bonds. The maximum Gasteiger partial charge on any atom is 0.137 e. The van der Waals surface area contributed by atoms with E-state index in [0.29, 0.717) is 0 Å². The van der Waals surface area contributed by atoms with Gasteiger partial charge in [-0.15, -0.1) is 0 Å². The van der Waals surface area contributed by atoms with E-state index in [1.807, 2.05) is 6.07 Å². The number of nitrogens with zero attached hydrogens (tertiary/aromatic N) is 1. The Morgan fingerprint density at radius 1 is 1.29 bits per heavy atom. The second kappa shape index (κ2) is 3.37. The van der Waals surface area contributed by atoms with Crippen LogP contribution in [0.3, 0.4) is 0 Å². The normalized spacial score (nSPS) is 26.6. The van der Waals surface area contributed by atoms with E-state index in [0.717, 1.165) is 6.61 Å². The quantitative estimate of drug-likeness (QED) is 0.676. The van der Waals surface area contributed by atoms with Gasteiger partial charge in [0.05, 0.1) is 6.61 Å². The highest BCUT2D eigenvalue weighted by Gasteiger charge is 2.38. The molecule has 1 aromatic carbocycles. The number of benzene rings is 1. The fourth-order valence-corrected chi connectivity index (χ4v) is 1.75. The lowest BCUT2D eigenvalue weighted by Crippen LogP contribution is -2.38. The van der Waals surface area contributed by atoms with Crippen molar-refractivity contribution in [3.05, 3.63) is 35.9 Å². The molecular weight excluding hydrogens is 174 g/mol. The molecule has 0 radical (unpaired) electrons. The Labute approximate surface area is 85.5 Å². The molecule has 0 aliphatic carbocycles. The highest BCUT2D eigenvalue weighted by molar-refractivity contribution is 5.18. The first kappa shape index (κ1) is 9.69. The van der Waals surface area contributed by atoms with Gasteiger partial charge in [-0.25, -0.2) is 0 Å². The van der Waals surface area contributed by atoms with E-state index in [1.165, 1.54) is 5.56 Å². The van der Waals surface area contributed by atoms with E-state index in [1.54, 1.807) is 0 Å². The molecule has 1 aromatic rings. The topological polar surface area (TPSA) is 12.5 Å². The van der Waals surface area contributed by atoms with Gasteiger partial charge in [0, 0.05) is 5.54 Å². The number of ether oxygens (including phenoxy) is 1. The maximum absolute atomic E-state index is 5.79. The number of hydrogen-bond acceptors (Lipinski definition) is 2. The Kier molecular flexibility index (Phi) is 2.33. The van der Waals surface area contributed by atoms with Crippen molar-refractivity contribution in [3.8, 4) is 0 Å². The van der Waals surface area contributed by atoms with Gasteiger partial charge in [0.2, 0.25) is 0 Å². The third-order valence-corrected chi connectivity index (χ3v) is 2.99. The number of likely N-dealkylation sites (N-methyl/N-ethyl adjacent to an activating group) is 1. The average molecular weight is 191 g/mol. The predicted molar refractivity (Wildman–Crippen MR) is 57.0 cm³/mol. The van der Waals surface area contributed by atoms with Gasteiger partial charge >= 0.3 is 0 Å². The largest absolute Gasteiger partial charge is 0.357 e. The van der Waals surface area contributed by atoms with Crippen LogP contribution in [0.2, 0.25) is 0 Å². The summed E-state index contributed by atoms with van der Waals surface area (Å²) < 4.78 is 5.79. The zero-order chi connectivity index (χ0) is 10.2. The fraction of sp³-hybridized carbons (Fsp3) is 0.500. The van der Waals surface area contributed by atoms with Crippen LogP contribution in [0.15, 0.2) is 30.3 Å². The van der Waals surface area contributed by atoms with Crippen LogP contribution in [0, 0.1) is 0 Å². The number of rotatable bonds is 1. The van der Waals surface area contributed by atoms with E-state index in [9.17, 15) is 0 Å². The van der Waals surface area contributed by atoms with Crippen molar-refractivity contribution in [2.75, 3.05) is 13.7 Å². The molecule has 1 aliphatic rings. The van der Waals surface area contributed by atoms with Gasteiger partial charge in [0.25, 0.3) is 0 Å². The first-order valence-corrected chi connectivity index (χ1v) is 5.01. The lowest BCUT2D eigenvalue weighted by molar-refractivity contribution is 0.0399. The minimum absolute atomic E-state index is 0.117. The van der Waals surface area contributed by atoms with Gasteiger partial charge in [-0.2, -0.15) is 0 Å². The van der Waals surface area contributed by atoms with E-state index in [4.69, 9.17) is 4.74 Å². The minimum atomic E-state index is 0.117. The molecule has 1 heterocycles. The summed E-state index contributed by atoms with van der Waals surface area (Å²) in [6.45, 7) is 5.20. The highest BCUT2D eigenvalue weighted by atomic mass is 16.5. The molecule has 0 N–H and O–H groups in total. The van der Waals surface area contributed by atoms with Crippen LogP contribution in [0.1, 0.15) is 25.6 Å². The number of hydrogen-bond donors (Lipinski definition) is 0. The monoisotopic (exact) mass is 191 g/mol. The van der Waals surface area contributed by atoms with Crippen molar-refractivity contribution in [2.45, 2.75) is 25.6 Å². The van der Waals surface area contributed by atoms with Crippen LogP contribution in [-0.4, -0.2) is 24.1 Å². The van der Waals surface area contributed by atoms with E-state index < -0.39 is 0 Å². The minimum Gasteiger partial charge on any atom is -0.357 e. The maximum atomic E-state index is 5.79. The van der Waals surface area contributed by atoms with Gasteiger partial charge in [-0.1, -0.05) is 30.3 Å². The second-order valence-corrected chi connectivity index (χ2v) is 4.50. The molecule has 2 heteroatoms. The summed E-state index contributed by atoms with van der Waals surface area (Å²) in [5.41, 5.74) is 1.38. The predicted octanol–water partition coefficient (Wildman–Crippen LogP) is 2.43. The molecule has 1 saturated heterocycles. The first-order valence-electron chi connectivity index (χ1n) is 5.01. The zero-order valence-corrected chi connectivity index (χ0v) is 9.03. The van der Waals surface area contributed by atoms with Crippen molar-refractivity contribution in [3.63, 3.8) is 0 Å². The molecule has 0 bridgehead atoms. The van der Waals surface area contributed by atoms with Gasteiger partial charge in [0.1, 0.15) is 6.23 Å². The Morgan fingerprint density at radius 2 is 1.93 bits per heavy atom. The molecule has 14 heavy (non-hydrogen) atoms. The van der Waals surface area contributed by atoms with Crippen LogP contribution in [-0.2, 0) is 4.74 Å². The van der Waals surface area contributed by atoms with Crippen LogP contribution in [0.25, 0.3) is 0 Å². The lowest BCUT2D eigenvalue weighted by Gasteiger charge is -2.29. The summed E-state index contributed by atoms with van der Waals surface area (Å²) in [7, 11) is 2.12. The van der Waals surface area contributed by atoms with Crippen LogP contribution in [0.4, 0.5) is 0 Å². The third kappa shape index (κ3) is 1.56. The van der Waals surface area contributed by atoms with E-state index in [2.05, 4.69) is 50.1 Å².